The van der Waals surface area contributed by atoms with E-state index in [1.165, 1.54) is 0 Å². The van der Waals surface area contributed by atoms with E-state index in [0.29, 0.717) is 6.54 Å². The molecule has 0 bridgehead atoms. The highest BCUT2D eigenvalue weighted by molar-refractivity contribution is 9.10. The Morgan fingerprint density at radius 3 is 2.80 bits per heavy atom. The van der Waals surface area contributed by atoms with Gasteiger partial charge in [0.2, 0.25) is 0 Å². The second kappa shape index (κ2) is 5.97. The zero-order valence-electron chi connectivity index (χ0n) is 12.0. The third kappa shape index (κ3) is 3.04. The van der Waals surface area contributed by atoms with Gasteiger partial charge in [0.25, 0.3) is 0 Å². The van der Waals surface area contributed by atoms with Crippen molar-refractivity contribution in [2.75, 3.05) is 13.7 Å². The van der Waals surface area contributed by atoms with Crippen molar-refractivity contribution in [2.24, 2.45) is 5.73 Å². The highest BCUT2D eigenvalue weighted by atomic mass is 79.9. The maximum atomic E-state index is 5.67. The van der Waals surface area contributed by atoms with E-state index >= 15 is 0 Å². The predicted molar refractivity (Wildman–Crippen MR) is 85.0 cm³/mol. The van der Waals surface area contributed by atoms with Crippen LogP contribution < -0.4 is 10.5 Å². The van der Waals surface area contributed by atoms with E-state index in [1.54, 1.807) is 7.11 Å². The molecule has 0 aliphatic carbocycles. The first-order chi connectivity index (χ1) is 9.47. The largest absolute Gasteiger partial charge is 0.496 e. The summed E-state index contributed by atoms with van der Waals surface area (Å²) >= 11 is 3.49. The molecular formula is C15H20BrN3O. The standard InChI is InChI=1S/C15H20BrN3O/c1-15(2,6-7-17)14-18-9-12(19-14)11-8-10(16)4-5-13(11)20-3/h4-5,8-9H,6-7,17H2,1-3H3,(H,18,19). The first-order valence-electron chi connectivity index (χ1n) is 6.57. The van der Waals surface area contributed by atoms with Crippen molar-refractivity contribution in [2.45, 2.75) is 25.7 Å². The van der Waals surface area contributed by atoms with Gasteiger partial charge in [0, 0.05) is 15.5 Å². The van der Waals surface area contributed by atoms with Crippen LogP contribution in [0.15, 0.2) is 28.9 Å². The van der Waals surface area contributed by atoms with Crippen LogP contribution in [0.1, 0.15) is 26.1 Å². The molecule has 2 rings (SSSR count). The van der Waals surface area contributed by atoms with Crippen molar-refractivity contribution >= 4 is 15.9 Å². The average molecular weight is 338 g/mol. The van der Waals surface area contributed by atoms with E-state index in [4.69, 9.17) is 10.5 Å². The number of H-pyrrole nitrogens is 1. The Hall–Kier alpha value is -1.33. The molecule has 0 radical (unpaired) electrons. The normalized spacial score (nSPS) is 11.7. The van der Waals surface area contributed by atoms with Gasteiger partial charge in [-0.1, -0.05) is 29.8 Å². The molecule has 1 aromatic heterocycles. The summed E-state index contributed by atoms with van der Waals surface area (Å²) in [6, 6.07) is 5.91. The summed E-state index contributed by atoms with van der Waals surface area (Å²) < 4.78 is 6.41. The Bertz CT molecular complexity index is 593. The predicted octanol–water partition coefficient (Wildman–Crippen LogP) is 3.47. The van der Waals surface area contributed by atoms with Crippen molar-refractivity contribution in [1.82, 2.24) is 9.97 Å². The molecule has 108 valence electrons. The Kier molecular flexibility index (Phi) is 4.50. The maximum absolute atomic E-state index is 5.67. The van der Waals surface area contributed by atoms with Gasteiger partial charge >= 0.3 is 0 Å². The fourth-order valence-corrected chi connectivity index (χ4v) is 2.53. The van der Waals surface area contributed by atoms with Gasteiger partial charge in [-0.05, 0) is 31.2 Å². The summed E-state index contributed by atoms with van der Waals surface area (Å²) in [7, 11) is 1.67. The molecule has 3 N–H and O–H groups in total. The number of hydrogen-bond acceptors (Lipinski definition) is 3. The van der Waals surface area contributed by atoms with Crippen LogP contribution in [-0.4, -0.2) is 23.6 Å². The number of aromatic amines is 1. The molecule has 1 heterocycles. The molecule has 1 aromatic carbocycles. The van der Waals surface area contributed by atoms with Gasteiger partial charge in [-0.2, -0.15) is 0 Å². The first kappa shape index (κ1) is 15.1. The number of benzene rings is 1. The lowest BCUT2D eigenvalue weighted by Crippen LogP contribution is -2.23. The first-order valence-corrected chi connectivity index (χ1v) is 7.36. The molecule has 0 unspecified atom stereocenters. The van der Waals surface area contributed by atoms with Crippen LogP contribution in [0.25, 0.3) is 11.3 Å². The van der Waals surface area contributed by atoms with Crippen LogP contribution in [0.4, 0.5) is 0 Å². The highest BCUT2D eigenvalue weighted by Crippen LogP contribution is 2.33. The van der Waals surface area contributed by atoms with Crippen LogP contribution in [0, 0.1) is 0 Å². The molecule has 5 heteroatoms. The summed E-state index contributed by atoms with van der Waals surface area (Å²) in [6.07, 6.45) is 2.73. The number of ether oxygens (including phenoxy) is 1. The van der Waals surface area contributed by atoms with Gasteiger partial charge < -0.3 is 15.5 Å². The quantitative estimate of drug-likeness (QED) is 0.877. The second-order valence-electron chi connectivity index (χ2n) is 5.41. The van der Waals surface area contributed by atoms with E-state index in [9.17, 15) is 0 Å². The van der Waals surface area contributed by atoms with Crippen LogP contribution in [0.5, 0.6) is 5.75 Å². The number of halogens is 1. The molecule has 2 aromatic rings. The third-order valence-electron chi connectivity index (χ3n) is 3.44. The van der Waals surface area contributed by atoms with E-state index in [0.717, 1.165) is 33.7 Å². The van der Waals surface area contributed by atoms with E-state index in [1.807, 2.05) is 24.4 Å². The molecule has 0 aliphatic heterocycles. The lowest BCUT2D eigenvalue weighted by Gasteiger charge is -2.20. The van der Waals surface area contributed by atoms with Crippen molar-refractivity contribution in [1.29, 1.82) is 0 Å². The fourth-order valence-electron chi connectivity index (χ4n) is 2.17. The zero-order valence-corrected chi connectivity index (χ0v) is 13.6. The van der Waals surface area contributed by atoms with Crippen molar-refractivity contribution in [3.05, 3.63) is 34.7 Å². The van der Waals surface area contributed by atoms with E-state index in [-0.39, 0.29) is 5.41 Å². The molecule has 0 atom stereocenters. The Morgan fingerprint density at radius 1 is 1.40 bits per heavy atom. The number of rotatable bonds is 5. The summed E-state index contributed by atoms with van der Waals surface area (Å²) in [5.74, 6) is 1.76. The van der Waals surface area contributed by atoms with Crippen molar-refractivity contribution in [3.8, 4) is 17.0 Å². The van der Waals surface area contributed by atoms with Crippen molar-refractivity contribution < 1.29 is 4.74 Å². The number of hydrogen-bond donors (Lipinski definition) is 2. The van der Waals surface area contributed by atoms with Gasteiger partial charge in [-0.25, -0.2) is 4.98 Å². The smallest absolute Gasteiger partial charge is 0.128 e. The Balaban J connectivity index is 2.41. The highest BCUT2D eigenvalue weighted by Gasteiger charge is 2.23. The van der Waals surface area contributed by atoms with E-state index < -0.39 is 0 Å². The number of nitrogens with zero attached hydrogens (tertiary/aromatic N) is 1. The van der Waals surface area contributed by atoms with Crippen LogP contribution in [-0.2, 0) is 5.41 Å². The summed E-state index contributed by atoms with van der Waals surface area (Å²) in [5, 5.41) is 0. The Labute approximate surface area is 127 Å². The molecule has 0 amide bonds. The minimum Gasteiger partial charge on any atom is -0.496 e. The lowest BCUT2D eigenvalue weighted by atomic mass is 9.88. The molecular weight excluding hydrogens is 318 g/mol. The molecule has 20 heavy (non-hydrogen) atoms. The zero-order chi connectivity index (χ0) is 14.8. The minimum absolute atomic E-state index is 0.0632. The Morgan fingerprint density at radius 2 is 2.15 bits per heavy atom. The van der Waals surface area contributed by atoms with Gasteiger partial charge in [-0.15, -0.1) is 0 Å². The molecule has 0 saturated heterocycles. The third-order valence-corrected chi connectivity index (χ3v) is 3.93. The average Bonchev–Trinajstić information content (AvgIpc) is 2.89. The van der Waals surface area contributed by atoms with Gasteiger partial charge in [-0.3, -0.25) is 0 Å². The number of nitrogens with two attached hydrogens (primary N) is 1. The summed E-state index contributed by atoms with van der Waals surface area (Å²) in [5.41, 5.74) is 7.54. The number of methoxy groups -OCH3 is 1. The topological polar surface area (TPSA) is 63.9 Å². The van der Waals surface area contributed by atoms with Crippen LogP contribution in [0.2, 0.25) is 0 Å². The molecule has 0 spiro atoms. The van der Waals surface area contributed by atoms with Gasteiger partial charge in [0.1, 0.15) is 11.6 Å². The maximum Gasteiger partial charge on any atom is 0.128 e. The molecule has 0 fully saturated rings. The SMILES string of the molecule is COc1ccc(Br)cc1-c1cnc(C(C)(C)CCN)[nH]1. The minimum atomic E-state index is -0.0632. The fraction of sp³-hybridized carbons (Fsp3) is 0.400. The molecule has 4 nitrogen and oxygen atoms in total. The van der Waals surface area contributed by atoms with Gasteiger partial charge in [0.15, 0.2) is 0 Å². The summed E-state index contributed by atoms with van der Waals surface area (Å²) in [6.45, 7) is 4.92. The van der Waals surface area contributed by atoms with E-state index in [2.05, 4.69) is 39.7 Å². The second-order valence-corrected chi connectivity index (χ2v) is 6.33. The van der Waals surface area contributed by atoms with Crippen molar-refractivity contribution in [3.63, 3.8) is 0 Å². The van der Waals surface area contributed by atoms with Gasteiger partial charge in [0.05, 0.1) is 19.0 Å². The number of aromatic nitrogens is 2. The monoisotopic (exact) mass is 337 g/mol. The summed E-state index contributed by atoms with van der Waals surface area (Å²) in [4.78, 5) is 7.89. The number of nitrogens with one attached hydrogen (secondary N) is 1. The number of imidazole rings is 1. The molecule has 0 saturated carbocycles. The molecule has 0 aliphatic rings. The van der Waals surface area contributed by atoms with Crippen LogP contribution >= 0.6 is 15.9 Å². The van der Waals surface area contributed by atoms with Crippen LogP contribution in [0.3, 0.4) is 0 Å². The lowest BCUT2D eigenvalue weighted by molar-refractivity contribution is 0.416.